The number of carboxylic acid groups (broad SMARTS) is 1. The van der Waals surface area contributed by atoms with Gasteiger partial charge in [-0.25, -0.2) is 4.79 Å². The average molecular weight is 308 g/mol. The van der Waals surface area contributed by atoms with Crippen molar-refractivity contribution in [1.29, 1.82) is 0 Å². The van der Waals surface area contributed by atoms with Gasteiger partial charge in [-0.1, -0.05) is 12.8 Å². The maximum Gasteiger partial charge on any atom is 0.371 e. The standard InChI is InChI=1S/C14H16N2O4S/c17-14(18)12-5-6-13(20-12)21(19)9-10-7-8-16(15-10)11-3-1-2-4-11/h5-8,11H,1-4,9H2,(H,17,18). The first-order chi connectivity index (χ1) is 10.1. The van der Waals surface area contributed by atoms with E-state index in [9.17, 15) is 9.00 Å². The molecule has 6 nitrogen and oxygen atoms in total. The average Bonchev–Trinajstić information content (AvgIpc) is 3.19. The predicted octanol–water partition coefficient (Wildman–Crippen LogP) is 2.60. The molecule has 1 atom stereocenters. The summed E-state index contributed by atoms with van der Waals surface area (Å²) < 4.78 is 19.2. The Morgan fingerprint density at radius 1 is 1.38 bits per heavy atom. The Balaban J connectivity index is 1.67. The number of hydrogen-bond donors (Lipinski definition) is 1. The molecule has 2 heterocycles. The van der Waals surface area contributed by atoms with E-state index in [4.69, 9.17) is 9.52 Å². The molecule has 2 aromatic rings. The molecule has 7 heteroatoms. The molecule has 1 unspecified atom stereocenters. The zero-order valence-corrected chi connectivity index (χ0v) is 12.2. The Labute approximate surface area is 124 Å². The highest BCUT2D eigenvalue weighted by Crippen LogP contribution is 2.28. The zero-order valence-electron chi connectivity index (χ0n) is 11.4. The third-order valence-corrected chi connectivity index (χ3v) is 4.88. The first-order valence-electron chi connectivity index (χ1n) is 6.89. The Morgan fingerprint density at radius 2 is 2.14 bits per heavy atom. The quantitative estimate of drug-likeness (QED) is 0.917. The summed E-state index contributed by atoms with van der Waals surface area (Å²) >= 11 is 0. The summed E-state index contributed by atoms with van der Waals surface area (Å²) in [6, 6.07) is 5.06. The summed E-state index contributed by atoms with van der Waals surface area (Å²) in [7, 11) is -1.42. The molecule has 0 amide bonds. The minimum atomic E-state index is -1.42. The Kier molecular flexibility index (Phi) is 3.92. The van der Waals surface area contributed by atoms with Crippen LogP contribution in [0.15, 0.2) is 33.9 Å². The fraction of sp³-hybridized carbons (Fsp3) is 0.429. The van der Waals surface area contributed by atoms with Crippen molar-refractivity contribution in [1.82, 2.24) is 9.78 Å². The van der Waals surface area contributed by atoms with E-state index in [-0.39, 0.29) is 16.6 Å². The molecule has 21 heavy (non-hydrogen) atoms. The van der Waals surface area contributed by atoms with E-state index >= 15 is 0 Å². The number of nitrogens with zero attached hydrogens (tertiary/aromatic N) is 2. The van der Waals surface area contributed by atoms with Crippen molar-refractivity contribution in [3.63, 3.8) is 0 Å². The van der Waals surface area contributed by atoms with Crippen LogP contribution in [0.25, 0.3) is 0 Å². The number of hydrogen-bond acceptors (Lipinski definition) is 4. The lowest BCUT2D eigenvalue weighted by Gasteiger charge is -2.08. The summed E-state index contributed by atoms with van der Waals surface area (Å²) in [6.45, 7) is 0. The first kappa shape index (κ1) is 14.1. The van der Waals surface area contributed by atoms with Crippen LogP contribution in [0.4, 0.5) is 0 Å². The van der Waals surface area contributed by atoms with E-state index in [1.807, 2.05) is 16.9 Å². The summed E-state index contributed by atoms with van der Waals surface area (Å²) in [5.41, 5.74) is 0.730. The van der Waals surface area contributed by atoms with Crippen LogP contribution in [0.2, 0.25) is 0 Å². The Hall–Kier alpha value is -1.89. The number of rotatable bonds is 5. The predicted molar refractivity (Wildman–Crippen MR) is 75.5 cm³/mol. The van der Waals surface area contributed by atoms with Crippen LogP contribution in [0.3, 0.4) is 0 Å². The number of furan rings is 1. The topological polar surface area (TPSA) is 85.3 Å². The van der Waals surface area contributed by atoms with E-state index in [1.165, 1.54) is 25.0 Å². The molecular weight excluding hydrogens is 292 g/mol. The van der Waals surface area contributed by atoms with E-state index in [1.54, 1.807) is 0 Å². The van der Waals surface area contributed by atoms with Gasteiger partial charge in [0.25, 0.3) is 0 Å². The molecule has 2 aromatic heterocycles. The molecule has 112 valence electrons. The molecule has 1 aliphatic carbocycles. The molecule has 1 N–H and O–H groups in total. The summed E-state index contributed by atoms with van der Waals surface area (Å²) in [5.74, 6) is -1.13. The van der Waals surface area contributed by atoms with Gasteiger partial charge < -0.3 is 9.52 Å². The molecule has 3 rings (SSSR count). The Bertz CT molecular complexity index is 670. The van der Waals surface area contributed by atoms with Crippen LogP contribution in [-0.2, 0) is 16.6 Å². The van der Waals surface area contributed by atoms with E-state index in [0.29, 0.717) is 6.04 Å². The molecule has 1 aliphatic rings. The molecule has 0 aliphatic heterocycles. The van der Waals surface area contributed by atoms with Crippen LogP contribution in [-0.4, -0.2) is 25.1 Å². The van der Waals surface area contributed by atoms with Gasteiger partial charge in [-0.2, -0.15) is 5.10 Å². The van der Waals surface area contributed by atoms with Crippen molar-refractivity contribution in [2.75, 3.05) is 0 Å². The maximum atomic E-state index is 12.2. The fourth-order valence-corrected chi connectivity index (χ4v) is 3.56. The van der Waals surface area contributed by atoms with Crippen molar-refractivity contribution in [2.45, 2.75) is 42.6 Å². The van der Waals surface area contributed by atoms with Gasteiger partial charge in [0, 0.05) is 6.20 Å². The molecule has 1 fully saturated rings. The SMILES string of the molecule is O=C(O)c1ccc(S(=O)Cc2ccn(C3CCCC3)n2)o1. The monoisotopic (exact) mass is 308 g/mol. The van der Waals surface area contributed by atoms with Gasteiger partial charge in [0.1, 0.15) is 0 Å². The zero-order chi connectivity index (χ0) is 14.8. The lowest BCUT2D eigenvalue weighted by molar-refractivity contribution is 0.0656. The second-order valence-corrected chi connectivity index (χ2v) is 6.52. The van der Waals surface area contributed by atoms with Crippen LogP contribution in [0.1, 0.15) is 48.0 Å². The lowest BCUT2D eigenvalue weighted by atomic mass is 10.3. The minimum absolute atomic E-state index is 0.169. The normalized spacial score (nSPS) is 17.1. The summed E-state index contributed by atoms with van der Waals surface area (Å²) in [5, 5.41) is 13.4. The van der Waals surface area contributed by atoms with Gasteiger partial charge in [0.2, 0.25) is 5.76 Å². The van der Waals surface area contributed by atoms with Crippen LogP contribution in [0, 0.1) is 0 Å². The second-order valence-electron chi connectivity index (χ2n) is 5.14. The highest BCUT2D eigenvalue weighted by molar-refractivity contribution is 7.84. The van der Waals surface area contributed by atoms with Gasteiger partial charge in [0.15, 0.2) is 5.09 Å². The van der Waals surface area contributed by atoms with Gasteiger partial charge in [-0.05, 0) is 31.0 Å². The van der Waals surface area contributed by atoms with Crippen molar-refractivity contribution in [3.05, 3.63) is 35.9 Å². The fourth-order valence-electron chi connectivity index (χ4n) is 2.59. The Morgan fingerprint density at radius 3 is 2.81 bits per heavy atom. The van der Waals surface area contributed by atoms with Gasteiger partial charge in [0.05, 0.1) is 28.3 Å². The lowest BCUT2D eigenvalue weighted by Crippen LogP contribution is -2.06. The van der Waals surface area contributed by atoms with E-state index in [2.05, 4.69) is 5.10 Å². The second kappa shape index (κ2) is 5.85. The molecule has 0 saturated heterocycles. The smallest absolute Gasteiger partial charge is 0.371 e. The summed E-state index contributed by atoms with van der Waals surface area (Å²) in [4.78, 5) is 10.7. The number of aromatic nitrogens is 2. The highest BCUT2D eigenvalue weighted by Gasteiger charge is 2.19. The molecular formula is C14H16N2O4S. The largest absolute Gasteiger partial charge is 0.475 e. The van der Waals surface area contributed by atoms with Gasteiger partial charge in [-0.15, -0.1) is 0 Å². The van der Waals surface area contributed by atoms with Crippen molar-refractivity contribution < 1.29 is 18.5 Å². The molecule has 0 bridgehead atoms. The first-order valence-corrected chi connectivity index (χ1v) is 8.21. The minimum Gasteiger partial charge on any atom is -0.475 e. The van der Waals surface area contributed by atoms with Crippen molar-refractivity contribution >= 4 is 16.8 Å². The number of carboxylic acids is 1. The highest BCUT2D eigenvalue weighted by atomic mass is 32.2. The van der Waals surface area contributed by atoms with Crippen LogP contribution >= 0.6 is 0 Å². The van der Waals surface area contributed by atoms with E-state index < -0.39 is 16.8 Å². The van der Waals surface area contributed by atoms with E-state index in [0.717, 1.165) is 18.5 Å². The van der Waals surface area contributed by atoms with Gasteiger partial charge in [-0.3, -0.25) is 8.89 Å². The third kappa shape index (κ3) is 3.07. The molecule has 1 saturated carbocycles. The van der Waals surface area contributed by atoms with Gasteiger partial charge >= 0.3 is 5.97 Å². The third-order valence-electron chi connectivity index (χ3n) is 3.66. The van der Waals surface area contributed by atoms with Crippen molar-refractivity contribution in [3.8, 4) is 0 Å². The molecule has 0 radical (unpaired) electrons. The van der Waals surface area contributed by atoms with Crippen LogP contribution < -0.4 is 0 Å². The summed E-state index contributed by atoms with van der Waals surface area (Å²) in [6.07, 6.45) is 6.67. The van der Waals surface area contributed by atoms with Crippen molar-refractivity contribution in [2.24, 2.45) is 0 Å². The maximum absolute atomic E-state index is 12.2. The number of carbonyl (C=O) groups is 1. The molecule has 0 aromatic carbocycles. The van der Waals surface area contributed by atoms with Crippen LogP contribution in [0.5, 0.6) is 0 Å². The number of aromatic carboxylic acids is 1. The molecule has 0 spiro atoms.